The Labute approximate surface area is 164 Å². The average molecular weight is 375 g/mol. The Bertz CT molecular complexity index is 1010. The number of aromatic nitrogens is 3. The predicted molar refractivity (Wildman–Crippen MR) is 109 cm³/mol. The maximum absolute atomic E-state index is 12.3. The van der Waals surface area contributed by atoms with Crippen molar-refractivity contribution >= 4 is 22.6 Å². The van der Waals surface area contributed by atoms with Crippen molar-refractivity contribution in [2.75, 3.05) is 24.5 Å². The first-order chi connectivity index (χ1) is 13.8. The Morgan fingerprint density at radius 2 is 2.04 bits per heavy atom. The molecule has 1 amide bonds. The van der Waals surface area contributed by atoms with Gasteiger partial charge in [0, 0.05) is 42.7 Å². The van der Waals surface area contributed by atoms with E-state index in [-0.39, 0.29) is 5.91 Å². The van der Waals surface area contributed by atoms with Crippen molar-refractivity contribution < 1.29 is 4.79 Å². The number of nitrogens with zero attached hydrogens (tertiary/aromatic N) is 3. The maximum Gasteiger partial charge on any atom is 0.224 e. The minimum atomic E-state index is 0.0803. The second kappa shape index (κ2) is 7.26. The fourth-order valence-corrected chi connectivity index (χ4v) is 4.29. The van der Waals surface area contributed by atoms with Gasteiger partial charge in [0.2, 0.25) is 5.91 Å². The molecule has 2 aromatic heterocycles. The fourth-order valence-electron chi connectivity index (χ4n) is 4.29. The number of benzene rings is 1. The maximum atomic E-state index is 12.3. The van der Waals surface area contributed by atoms with Crippen LogP contribution in [0.5, 0.6) is 0 Å². The first-order valence-corrected chi connectivity index (χ1v) is 10.2. The number of carbonyl (C=O) groups excluding carboxylic acids is 1. The summed E-state index contributed by atoms with van der Waals surface area (Å²) in [5.74, 6) is 1.54. The highest BCUT2D eigenvalue weighted by Gasteiger charge is 2.29. The number of amides is 1. The number of hydrogen-bond donors (Lipinski definition) is 2. The minimum Gasteiger partial charge on any atom is -0.361 e. The van der Waals surface area contributed by atoms with Gasteiger partial charge in [0.1, 0.15) is 0 Å². The van der Waals surface area contributed by atoms with Crippen LogP contribution in [-0.2, 0) is 24.1 Å². The van der Waals surface area contributed by atoms with E-state index in [0.717, 1.165) is 54.8 Å². The molecule has 3 aromatic rings. The number of rotatable bonds is 5. The standard InChI is InChI=1S/C22H25N5O/c28-22(10-17-12-23-20-8-4-2-6-18(17)20)24-11-15-13-27(14-15)21-9-16-5-1-3-7-19(16)25-26-21/h2,4,6,8-9,12,15,23H,1,3,5,7,10-11,13-14H2,(H,24,28). The molecule has 3 heterocycles. The molecule has 5 rings (SSSR count). The van der Waals surface area contributed by atoms with Crippen molar-refractivity contribution in [1.82, 2.24) is 20.5 Å². The Kier molecular flexibility index (Phi) is 4.47. The zero-order valence-electron chi connectivity index (χ0n) is 15.9. The molecule has 6 heteroatoms. The molecule has 1 fully saturated rings. The molecule has 144 valence electrons. The van der Waals surface area contributed by atoms with Gasteiger partial charge in [-0.1, -0.05) is 18.2 Å². The van der Waals surface area contributed by atoms with E-state index in [1.54, 1.807) is 0 Å². The van der Waals surface area contributed by atoms with Crippen LogP contribution < -0.4 is 10.2 Å². The number of anilines is 1. The van der Waals surface area contributed by atoms with E-state index in [1.807, 2.05) is 24.4 Å². The molecule has 0 spiro atoms. The second-order valence-corrected chi connectivity index (χ2v) is 7.99. The van der Waals surface area contributed by atoms with Gasteiger partial charge < -0.3 is 15.2 Å². The zero-order valence-corrected chi connectivity index (χ0v) is 15.9. The summed E-state index contributed by atoms with van der Waals surface area (Å²) in [6, 6.07) is 10.3. The number of nitrogens with one attached hydrogen (secondary N) is 2. The van der Waals surface area contributed by atoms with Crippen molar-refractivity contribution in [1.29, 1.82) is 0 Å². The predicted octanol–water partition coefficient (Wildman–Crippen LogP) is 2.63. The summed E-state index contributed by atoms with van der Waals surface area (Å²) in [7, 11) is 0. The van der Waals surface area contributed by atoms with Crippen molar-refractivity contribution in [2.24, 2.45) is 5.92 Å². The van der Waals surface area contributed by atoms with Crippen LogP contribution in [0.4, 0.5) is 5.82 Å². The highest BCUT2D eigenvalue weighted by molar-refractivity contribution is 5.88. The molecule has 2 N–H and O–H groups in total. The van der Waals surface area contributed by atoms with Crippen LogP contribution in [0, 0.1) is 5.92 Å². The molecule has 6 nitrogen and oxygen atoms in total. The first kappa shape index (κ1) is 17.2. The molecular weight excluding hydrogens is 350 g/mol. The smallest absolute Gasteiger partial charge is 0.224 e. The van der Waals surface area contributed by atoms with Crippen LogP contribution in [0.15, 0.2) is 36.5 Å². The van der Waals surface area contributed by atoms with Crippen molar-refractivity contribution in [3.63, 3.8) is 0 Å². The van der Waals surface area contributed by atoms with E-state index in [2.05, 4.69) is 37.5 Å². The van der Waals surface area contributed by atoms with Crippen LogP contribution in [-0.4, -0.2) is 40.7 Å². The topological polar surface area (TPSA) is 73.9 Å². The van der Waals surface area contributed by atoms with Gasteiger partial charge >= 0.3 is 0 Å². The van der Waals surface area contributed by atoms with Crippen LogP contribution in [0.1, 0.15) is 29.7 Å². The lowest BCUT2D eigenvalue weighted by atomic mass is 9.95. The Hall–Kier alpha value is -2.89. The number of fused-ring (bicyclic) bond motifs is 2. The Morgan fingerprint density at radius 3 is 2.96 bits per heavy atom. The van der Waals surface area contributed by atoms with E-state index >= 15 is 0 Å². The van der Waals surface area contributed by atoms with Crippen LogP contribution in [0.3, 0.4) is 0 Å². The highest BCUT2D eigenvalue weighted by Crippen LogP contribution is 2.26. The SMILES string of the molecule is O=C(Cc1c[nH]c2ccccc12)NCC1CN(c2cc3c(nn2)CCCC3)C1. The van der Waals surface area contributed by atoms with Crippen LogP contribution >= 0.6 is 0 Å². The quantitative estimate of drug-likeness (QED) is 0.719. The van der Waals surface area contributed by atoms with E-state index in [1.165, 1.54) is 24.1 Å². The van der Waals surface area contributed by atoms with Crippen LogP contribution in [0.2, 0.25) is 0 Å². The molecule has 0 radical (unpaired) electrons. The highest BCUT2D eigenvalue weighted by atomic mass is 16.1. The van der Waals surface area contributed by atoms with Gasteiger partial charge in [-0.3, -0.25) is 4.79 Å². The number of aromatic amines is 1. The summed E-state index contributed by atoms with van der Waals surface area (Å²) in [6.45, 7) is 2.58. The molecule has 0 atom stereocenters. The van der Waals surface area contributed by atoms with Gasteiger partial charge in [-0.05, 0) is 48.9 Å². The van der Waals surface area contributed by atoms with Crippen molar-refractivity contribution in [2.45, 2.75) is 32.1 Å². The van der Waals surface area contributed by atoms with E-state index < -0.39 is 0 Å². The molecule has 28 heavy (non-hydrogen) atoms. The lowest BCUT2D eigenvalue weighted by Gasteiger charge is -2.40. The molecule has 1 aromatic carbocycles. The van der Waals surface area contributed by atoms with Gasteiger partial charge in [0.15, 0.2) is 5.82 Å². The summed E-state index contributed by atoms with van der Waals surface area (Å²) >= 11 is 0. The van der Waals surface area contributed by atoms with Gasteiger partial charge in [-0.25, -0.2) is 0 Å². The number of aryl methyl sites for hydroxylation is 2. The third-order valence-corrected chi connectivity index (χ3v) is 5.95. The van der Waals surface area contributed by atoms with Crippen molar-refractivity contribution in [3.05, 3.63) is 53.3 Å². The van der Waals surface area contributed by atoms with Crippen molar-refractivity contribution in [3.8, 4) is 0 Å². The first-order valence-electron chi connectivity index (χ1n) is 10.2. The van der Waals surface area contributed by atoms with E-state index in [0.29, 0.717) is 12.3 Å². The van der Waals surface area contributed by atoms with Gasteiger partial charge in [0.05, 0.1) is 12.1 Å². The molecule has 1 aliphatic heterocycles. The van der Waals surface area contributed by atoms with Gasteiger partial charge in [-0.2, -0.15) is 5.10 Å². The van der Waals surface area contributed by atoms with E-state index in [4.69, 9.17) is 0 Å². The number of carbonyl (C=O) groups is 1. The number of para-hydroxylation sites is 1. The summed E-state index contributed by atoms with van der Waals surface area (Å²) in [5, 5.41) is 13.0. The molecule has 0 bridgehead atoms. The molecule has 0 unspecified atom stereocenters. The number of hydrogen-bond acceptors (Lipinski definition) is 4. The largest absolute Gasteiger partial charge is 0.361 e. The summed E-state index contributed by atoms with van der Waals surface area (Å²) in [4.78, 5) is 17.8. The lowest BCUT2D eigenvalue weighted by Crippen LogP contribution is -2.52. The average Bonchev–Trinajstić information content (AvgIpc) is 3.09. The molecule has 1 aliphatic carbocycles. The fraction of sp³-hybridized carbons (Fsp3) is 0.409. The van der Waals surface area contributed by atoms with Gasteiger partial charge in [-0.15, -0.1) is 5.10 Å². The molecule has 1 saturated heterocycles. The Balaban J connectivity index is 1.11. The van der Waals surface area contributed by atoms with Crippen LogP contribution in [0.25, 0.3) is 10.9 Å². The third-order valence-electron chi connectivity index (χ3n) is 5.95. The zero-order chi connectivity index (χ0) is 18.9. The summed E-state index contributed by atoms with van der Waals surface area (Å²) < 4.78 is 0. The number of H-pyrrole nitrogens is 1. The molecule has 0 saturated carbocycles. The minimum absolute atomic E-state index is 0.0803. The third kappa shape index (κ3) is 3.35. The van der Waals surface area contributed by atoms with E-state index in [9.17, 15) is 4.79 Å². The lowest BCUT2D eigenvalue weighted by molar-refractivity contribution is -0.120. The molecule has 2 aliphatic rings. The Morgan fingerprint density at radius 1 is 1.18 bits per heavy atom. The molecular formula is C22H25N5O. The summed E-state index contributed by atoms with van der Waals surface area (Å²) in [6.07, 6.45) is 7.02. The monoisotopic (exact) mass is 375 g/mol. The van der Waals surface area contributed by atoms with Gasteiger partial charge in [0.25, 0.3) is 0 Å². The second-order valence-electron chi connectivity index (χ2n) is 7.99. The normalized spacial score (nSPS) is 16.6. The summed E-state index contributed by atoms with van der Waals surface area (Å²) in [5.41, 5.74) is 4.67.